The fourth-order valence-electron chi connectivity index (χ4n) is 8.58. The third-order valence-corrected chi connectivity index (χ3v) is 12.8. The summed E-state index contributed by atoms with van der Waals surface area (Å²) in [5.41, 5.74) is 0. The molecule has 3 N–H and O–H groups in total. The highest BCUT2D eigenvalue weighted by Crippen LogP contribution is 2.17. The molecule has 2 atom stereocenters. The van der Waals surface area contributed by atoms with E-state index in [9.17, 15) is 19.8 Å². The summed E-state index contributed by atoms with van der Waals surface area (Å²) in [4.78, 5) is 24.5. The zero-order chi connectivity index (χ0) is 44.4. The van der Waals surface area contributed by atoms with Gasteiger partial charge in [0.05, 0.1) is 25.4 Å². The number of carbonyl (C=O) groups is 2. The number of carbonyl (C=O) groups excluding carboxylic acids is 2. The number of aliphatic hydroxyl groups is 2. The summed E-state index contributed by atoms with van der Waals surface area (Å²) in [5.74, 6) is -0.0425. The van der Waals surface area contributed by atoms with Gasteiger partial charge in [0.25, 0.3) is 0 Å². The zero-order valence-electron chi connectivity index (χ0n) is 41.2. The molecule has 0 aliphatic heterocycles. The van der Waals surface area contributed by atoms with Crippen molar-refractivity contribution in [3.63, 3.8) is 0 Å². The van der Waals surface area contributed by atoms with Crippen LogP contribution < -0.4 is 5.32 Å². The number of ether oxygens (including phenoxy) is 1. The van der Waals surface area contributed by atoms with E-state index in [2.05, 4.69) is 31.3 Å². The average molecular weight is 862 g/mol. The van der Waals surface area contributed by atoms with Gasteiger partial charge in [-0.1, -0.05) is 251 Å². The highest BCUT2D eigenvalue weighted by molar-refractivity contribution is 5.76. The van der Waals surface area contributed by atoms with E-state index in [1.807, 2.05) is 0 Å². The van der Waals surface area contributed by atoms with Crippen LogP contribution >= 0.6 is 0 Å². The SMILES string of the molecule is CCCCCCCCC/C=C\CCCCCCCC(=O)OCCCCCCCCCCCCCCCCCCCC(=O)NC(CO)C(O)CCCCCCCCCCCCC. The Balaban J connectivity index is 3.39. The van der Waals surface area contributed by atoms with Crippen molar-refractivity contribution in [1.29, 1.82) is 0 Å². The van der Waals surface area contributed by atoms with Crippen molar-refractivity contribution >= 4 is 11.9 Å². The molecule has 0 aliphatic carbocycles. The number of esters is 1. The number of hydrogen-bond donors (Lipinski definition) is 3. The summed E-state index contributed by atoms with van der Waals surface area (Å²) in [6.45, 7) is 4.94. The Hall–Kier alpha value is -1.40. The molecule has 2 unspecified atom stereocenters. The standard InChI is InChI=1S/C55H107NO5/c1-3-5-7-9-11-13-15-16-17-22-25-29-33-37-41-45-49-55(60)61-50-46-42-38-34-30-26-23-20-18-19-21-24-28-32-36-40-44-48-54(59)56-52(51-57)53(58)47-43-39-35-31-27-14-12-10-8-6-4-2/h17,22,52-53,57-58H,3-16,18-21,23-51H2,1-2H3,(H,56,59)/b22-17-. The Morgan fingerprint density at radius 3 is 1.16 bits per heavy atom. The van der Waals surface area contributed by atoms with Gasteiger partial charge in [-0.3, -0.25) is 9.59 Å². The van der Waals surface area contributed by atoms with Crippen molar-refractivity contribution in [2.75, 3.05) is 13.2 Å². The summed E-state index contributed by atoms with van der Waals surface area (Å²) in [6.07, 6.45) is 59.1. The predicted molar refractivity (Wildman–Crippen MR) is 264 cm³/mol. The molecule has 0 aromatic carbocycles. The van der Waals surface area contributed by atoms with Gasteiger partial charge in [0.1, 0.15) is 0 Å². The van der Waals surface area contributed by atoms with Crippen LogP contribution in [0.25, 0.3) is 0 Å². The second-order valence-electron chi connectivity index (χ2n) is 18.9. The van der Waals surface area contributed by atoms with Crippen LogP contribution in [0.2, 0.25) is 0 Å². The first-order valence-electron chi connectivity index (χ1n) is 27.4. The lowest BCUT2D eigenvalue weighted by Crippen LogP contribution is -2.45. The Bertz CT molecular complexity index is 909. The second kappa shape index (κ2) is 51.2. The maximum Gasteiger partial charge on any atom is 0.305 e. The Labute approximate surface area is 380 Å². The maximum atomic E-state index is 12.4. The van der Waals surface area contributed by atoms with Crippen molar-refractivity contribution in [2.45, 2.75) is 315 Å². The Kier molecular flexibility index (Phi) is 50.1. The molecule has 0 saturated heterocycles. The molecule has 0 saturated carbocycles. The van der Waals surface area contributed by atoms with Gasteiger partial charge < -0.3 is 20.3 Å². The third-order valence-electron chi connectivity index (χ3n) is 12.8. The minimum absolute atomic E-state index is 0.00178. The molecule has 0 aromatic rings. The van der Waals surface area contributed by atoms with E-state index < -0.39 is 12.1 Å². The van der Waals surface area contributed by atoms with Crippen LogP contribution in [0.4, 0.5) is 0 Å². The molecule has 0 spiro atoms. The van der Waals surface area contributed by atoms with Crippen LogP contribution in [-0.4, -0.2) is 47.4 Å². The summed E-state index contributed by atoms with van der Waals surface area (Å²) >= 11 is 0. The van der Waals surface area contributed by atoms with Gasteiger partial charge in [-0.15, -0.1) is 0 Å². The van der Waals surface area contributed by atoms with Gasteiger partial charge in [0.2, 0.25) is 5.91 Å². The Morgan fingerprint density at radius 2 is 0.770 bits per heavy atom. The highest BCUT2D eigenvalue weighted by atomic mass is 16.5. The first-order chi connectivity index (χ1) is 30.0. The van der Waals surface area contributed by atoms with Gasteiger partial charge in [-0.05, 0) is 51.4 Å². The van der Waals surface area contributed by atoms with Crippen LogP contribution in [0, 0.1) is 0 Å². The Morgan fingerprint density at radius 1 is 0.443 bits per heavy atom. The van der Waals surface area contributed by atoms with E-state index in [0.29, 0.717) is 25.9 Å². The number of allylic oxidation sites excluding steroid dienone is 2. The number of nitrogens with one attached hydrogen (secondary N) is 1. The number of hydrogen-bond acceptors (Lipinski definition) is 5. The second-order valence-corrected chi connectivity index (χ2v) is 18.9. The lowest BCUT2D eigenvalue weighted by atomic mass is 10.0. The van der Waals surface area contributed by atoms with E-state index in [-0.39, 0.29) is 18.5 Å². The highest BCUT2D eigenvalue weighted by Gasteiger charge is 2.20. The molecule has 0 radical (unpaired) electrons. The maximum absolute atomic E-state index is 12.4. The van der Waals surface area contributed by atoms with Crippen molar-refractivity contribution in [3.8, 4) is 0 Å². The topological polar surface area (TPSA) is 95.9 Å². The molecule has 61 heavy (non-hydrogen) atoms. The quantitative estimate of drug-likeness (QED) is 0.0322. The lowest BCUT2D eigenvalue weighted by molar-refractivity contribution is -0.143. The molecule has 362 valence electrons. The fraction of sp³-hybridized carbons (Fsp3) is 0.927. The minimum Gasteiger partial charge on any atom is -0.466 e. The number of amides is 1. The monoisotopic (exact) mass is 862 g/mol. The van der Waals surface area contributed by atoms with E-state index in [1.165, 1.54) is 225 Å². The number of aliphatic hydroxyl groups excluding tert-OH is 2. The normalized spacial score (nSPS) is 12.7. The van der Waals surface area contributed by atoms with Crippen LogP contribution in [0.15, 0.2) is 12.2 Å². The van der Waals surface area contributed by atoms with Crippen LogP contribution in [0.1, 0.15) is 303 Å². The molecule has 0 bridgehead atoms. The average Bonchev–Trinajstić information content (AvgIpc) is 3.26. The van der Waals surface area contributed by atoms with Gasteiger partial charge in [-0.2, -0.15) is 0 Å². The smallest absolute Gasteiger partial charge is 0.305 e. The van der Waals surface area contributed by atoms with Crippen molar-refractivity contribution in [2.24, 2.45) is 0 Å². The molecule has 6 nitrogen and oxygen atoms in total. The van der Waals surface area contributed by atoms with Crippen LogP contribution in [0.5, 0.6) is 0 Å². The predicted octanol–water partition coefficient (Wildman–Crippen LogP) is 16.5. The van der Waals surface area contributed by atoms with Crippen LogP contribution in [-0.2, 0) is 14.3 Å². The molecule has 0 rings (SSSR count). The van der Waals surface area contributed by atoms with Crippen LogP contribution in [0.3, 0.4) is 0 Å². The number of unbranched alkanes of at least 4 members (excludes halogenated alkanes) is 38. The molecule has 0 fully saturated rings. The molecule has 0 heterocycles. The van der Waals surface area contributed by atoms with E-state index in [0.717, 1.165) is 44.9 Å². The first-order valence-corrected chi connectivity index (χ1v) is 27.4. The summed E-state index contributed by atoms with van der Waals surface area (Å²) in [6, 6.07) is -0.543. The first kappa shape index (κ1) is 59.6. The molecule has 0 aliphatic rings. The fourth-order valence-corrected chi connectivity index (χ4v) is 8.58. The molecular formula is C55H107NO5. The van der Waals surface area contributed by atoms with Gasteiger partial charge in [-0.25, -0.2) is 0 Å². The van der Waals surface area contributed by atoms with E-state index in [1.54, 1.807) is 0 Å². The minimum atomic E-state index is -0.666. The summed E-state index contributed by atoms with van der Waals surface area (Å²) in [7, 11) is 0. The molecular weight excluding hydrogens is 755 g/mol. The van der Waals surface area contributed by atoms with E-state index in [4.69, 9.17) is 4.74 Å². The van der Waals surface area contributed by atoms with E-state index >= 15 is 0 Å². The summed E-state index contributed by atoms with van der Waals surface area (Å²) in [5, 5.41) is 23.2. The summed E-state index contributed by atoms with van der Waals surface area (Å²) < 4.78 is 5.47. The largest absolute Gasteiger partial charge is 0.466 e. The van der Waals surface area contributed by atoms with Crippen molar-refractivity contribution < 1.29 is 24.5 Å². The third kappa shape index (κ3) is 47.9. The number of rotatable bonds is 51. The van der Waals surface area contributed by atoms with Crippen molar-refractivity contribution in [3.05, 3.63) is 12.2 Å². The van der Waals surface area contributed by atoms with Crippen molar-refractivity contribution in [1.82, 2.24) is 5.32 Å². The van der Waals surface area contributed by atoms with Gasteiger partial charge in [0, 0.05) is 12.8 Å². The van der Waals surface area contributed by atoms with Gasteiger partial charge in [0.15, 0.2) is 0 Å². The molecule has 0 aromatic heterocycles. The zero-order valence-corrected chi connectivity index (χ0v) is 41.2. The molecule has 1 amide bonds. The van der Waals surface area contributed by atoms with Gasteiger partial charge >= 0.3 is 5.97 Å². The lowest BCUT2D eigenvalue weighted by Gasteiger charge is -2.22. The molecule has 6 heteroatoms.